The Morgan fingerprint density at radius 3 is 1.71 bits per heavy atom. The predicted molar refractivity (Wildman–Crippen MR) is 19.7 cm³/mol. The van der Waals surface area contributed by atoms with Crippen LogP contribution in [-0.4, -0.2) is 24.0 Å². The zero-order chi connectivity index (χ0) is 5.21. The van der Waals surface area contributed by atoms with Crippen molar-refractivity contribution in [1.82, 2.24) is 0 Å². The summed E-state index contributed by atoms with van der Waals surface area (Å²) in [5, 5.41) is 7.56. The van der Waals surface area contributed by atoms with Gasteiger partial charge >= 0.3 is 51.4 Å². The normalized spacial score (nSPS) is 10.0. The Hall–Kier alpha value is 1.51. The molecule has 0 fully saturated rings. The Morgan fingerprint density at radius 1 is 1.57 bits per heavy atom. The Labute approximate surface area is 85.6 Å². The first-order chi connectivity index (χ1) is 2.56. The molecular formula is CH5KO4S. The van der Waals surface area contributed by atoms with E-state index in [1.54, 1.807) is 0 Å². The van der Waals surface area contributed by atoms with E-state index in [1.165, 1.54) is 0 Å². The van der Waals surface area contributed by atoms with Crippen molar-refractivity contribution < 1.29 is 70.9 Å². The van der Waals surface area contributed by atoms with E-state index in [0.717, 1.165) is 0 Å². The predicted octanol–water partition coefficient (Wildman–Crippen LogP) is -4.06. The summed E-state index contributed by atoms with van der Waals surface area (Å²) in [6, 6.07) is 0. The minimum absolute atomic E-state index is 0. The molecule has 0 aliphatic heterocycles. The maximum Gasteiger partial charge on any atom is 1.00 e. The molecule has 6 heteroatoms. The van der Waals surface area contributed by atoms with Crippen LogP contribution < -0.4 is 51.4 Å². The largest absolute Gasteiger partial charge is 1.00 e. The third kappa shape index (κ3) is 11.2. The fourth-order valence-corrected chi connectivity index (χ4v) is 0. The van der Waals surface area contributed by atoms with Crippen molar-refractivity contribution in [2.45, 2.75) is 0 Å². The van der Waals surface area contributed by atoms with Gasteiger partial charge in [-0.2, -0.15) is 8.42 Å². The van der Waals surface area contributed by atoms with Crippen molar-refractivity contribution >= 4 is 10.1 Å². The fourth-order valence-electron chi connectivity index (χ4n) is 0. The van der Waals surface area contributed by atoms with E-state index in [1.807, 2.05) is 0 Å². The van der Waals surface area contributed by atoms with E-state index in [2.05, 4.69) is 0 Å². The van der Waals surface area contributed by atoms with Crippen LogP contribution in [-0.2, 0) is 10.1 Å². The molecule has 0 rings (SSSR count). The molecule has 0 amide bonds. The zero-order valence-corrected chi connectivity index (χ0v) is 7.77. The van der Waals surface area contributed by atoms with Gasteiger partial charge in [-0.1, -0.05) is 0 Å². The molecule has 4 nitrogen and oxygen atoms in total. The van der Waals surface area contributed by atoms with Crippen LogP contribution in [0.1, 0.15) is 1.43 Å². The average molecular weight is 152 g/mol. The van der Waals surface area contributed by atoms with Crippen LogP contribution in [0.5, 0.6) is 0 Å². The number of aliphatic hydroxyl groups is 1. The van der Waals surface area contributed by atoms with E-state index in [9.17, 15) is 8.42 Å². The standard InChI is InChI=1S/CH4O4S.K.H/c2-1-6(3,4)5;;/h2H,1H2,(H,3,4,5);;/q;+1;-1. The maximum absolute atomic E-state index is 9.31. The third-order valence-electron chi connectivity index (χ3n) is 0.163. The monoisotopic (exact) mass is 152 g/mol. The fraction of sp³-hybridized carbons (Fsp3) is 1.00. The minimum atomic E-state index is -4.11. The number of hydrogen-bond acceptors (Lipinski definition) is 3. The summed E-state index contributed by atoms with van der Waals surface area (Å²) in [4.78, 5) is 0. The molecule has 0 aromatic rings. The molecule has 0 saturated carbocycles. The van der Waals surface area contributed by atoms with E-state index >= 15 is 0 Å². The molecule has 0 aromatic carbocycles. The van der Waals surface area contributed by atoms with Gasteiger partial charge in [0.1, 0.15) is 0 Å². The van der Waals surface area contributed by atoms with Crippen LogP contribution in [0.15, 0.2) is 0 Å². The van der Waals surface area contributed by atoms with Crippen molar-refractivity contribution in [3.8, 4) is 0 Å². The van der Waals surface area contributed by atoms with Crippen molar-refractivity contribution in [1.29, 1.82) is 0 Å². The Balaban J connectivity index is -0.000000125. The number of aliphatic hydroxyl groups excluding tert-OH is 1. The van der Waals surface area contributed by atoms with Gasteiger partial charge in [-0.25, -0.2) is 0 Å². The summed E-state index contributed by atoms with van der Waals surface area (Å²) in [5.41, 5.74) is 0. The number of rotatable bonds is 1. The Kier molecular flexibility index (Phi) is 7.10. The first-order valence-corrected chi connectivity index (χ1v) is 2.73. The second kappa shape index (κ2) is 4.39. The second-order valence-corrected chi connectivity index (χ2v) is 2.13. The first kappa shape index (κ1) is 11.3. The van der Waals surface area contributed by atoms with Gasteiger partial charge in [0.2, 0.25) is 0 Å². The molecule has 40 valence electrons. The topological polar surface area (TPSA) is 74.6 Å². The molecular weight excluding hydrogens is 147 g/mol. The van der Waals surface area contributed by atoms with E-state index in [0.29, 0.717) is 0 Å². The van der Waals surface area contributed by atoms with E-state index < -0.39 is 16.1 Å². The molecule has 0 aromatic heterocycles. The van der Waals surface area contributed by atoms with Crippen molar-refractivity contribution in [2.75, 3.05) is 5.94 Å². The van der Waals surface area contributed by atoms with Gasteiger partial charge in [-0.15, -0.1) is 0 Å². The summed E-state index contributed by atoms with van der Waals surface area (Å²) in [5.74, 6) is -1.20. The summed E-state index contributed by atoms with van der Waals surface area (Å²) in [7, 11) is -4.11. The van der Waals surface area contributed by atoms with E-state index in [4.69, 9.17) is 9.66 Å². The summed E-state index contributed by atoms with van der Waals surface area (Å²) in [6.07, 6.45) is 0. The van der Waals surface area contributed by atoms with Crippen LogP contribution in [0, 0.1) is 0 Å². The molecule has 0 bridgehead atoms. The van der Waals surface area contributed by atoms with Crippen LogP contribution in [0.2, 0.25) is 0 Å². The van der Waals surface area contributed by atoms with Crippen molar-refractivity contribution in [3.05, 3.63) is 0 Å². The zero-order valence-electron chi connectivity index (χ0n) is 4.83. The molecule has 0 heterocycles. The molecule has 2 N–H and O–H groups in total. The quantitative estimate of drug-likeness (QED) is 0.296. The molecule has 0 saturated heterocycles. The van der Waals surface area contributed by atoms with Gasteiger partial charge in [0.05, 0.1) is 0 Å². The number of hydrogen-bond donors (Lipinski definition) is 2. The van der Waals surface area contributed by atoms with Gasteiger partial charge in [0, 0.05) is 0 Å². The van der Waals surface area contributed by atoms with Crippen LogP contribution in [0.3, 0.4) is 0 Å². The van der Waals surface area contributed by atoms with Gasteiger partial charge in [0.25, 0.3) is 10.1 Å². The van der Waals surface area contributed by atoms with Crippen molar-refractivity contribution in [3.63, 3.8) is 0 Å². The maximum atomic E-state index is 9.31. The average Bonchev–Trinajstić information content (AvgIpc) is 1.35. The minimum Gasteiger partial charge on any atom is -1.00 e. The summed E-state index contributed by atoms with van der Waals surface area (Å²) < 4.78 is 26.2. The third-order valence-corrected chi connectivity index (χ3v) is 0.489. The van der Waals surface area contributed by atoms with Gasteiger partial charge < -0.3 is 6.53 Å². The van der Waals surface area contributed by atoms with Crippen LogP contribution in [0.4, 0.5) is 0 Å². The molecule has 0 aliphatic carbocycles. The van der Waals surface area contributed by atoms with Gasteiger partial charge in [-0.05, 0) is 0 Å². The van der Waals surface area contributed by atoms with E-state index in [-0.39, 0.29) is 52.8 Å². The SMILES string of the molecule is O=S(=O)(O)CO.[H-].[K+]. The summed E-state index contributed by atoms with van der Waals surface area (Å²) in [6.45, 7) is 0. The van der Waals surface area contributed by atoms with Crippen LogP contribution >= 0.6 is 0 Å². The molecule has 0 unspecified atom stereocenters. The Bertz CT molecular complexity index is 118. The van der Waals surface area contributed by atoms with Crippen LogP contribution in [0.25, 0.3) is 0 Å². The molecule has 0 radical (unpaired) electrons. The van der Waals surface area contributed by atoms with Crippen molar-refractivity contribution in [2.24, 2.45) is 0 Å². The second-order valence-electron chi connectivity index (χ2n) is 0.711. The Morgan fingerprint density at radius 2 is 1.71 bits per heavy atom. The van der Waals surface area contributed by atoms with Gasteiger partial charge in [-0.3, -0.25) is 4.55 Å². The smallest absolute Gasteiger partial charge is 1.00 e. The molecule has 0 spiro atoms. The first-order valence-electron chi connectivity index (χ1n) is 1.12. The van der Waals surface area contributed by atoms with Gasteiger partial charge in [0.15, 0.2) is 5.94 Å². The summed E-state index contributed by atoms with van der Waals surface area (Å²) >= 11 is 0. The molecule has 0 aliphatic rings. The molecule has 0 atom stereocenters. The molecule has 7 heavy (non-hydrogen) atoms.